The highest BCUT2D eigenvalue weighted by molar-refractivity contribution is 7.87. The Bertz CT molecular complexity index is 286. The molecule has 1 aliphatic carbocycles. The van der Waals surface area contributed by atoms with Crippen LogP contribution >= 0.6 is 0 Å². The number of nitrogens with one attached hydrogen (secondary N) is 1. The van der Waals surface area contributed by atoms with Crippen molar-refractivity contribution in [2.24, 2.45) is 5.92 Å². The largest absolute Gasteiger partial charge is 0.395 e. The summed E-state index contributed by atoms with van der Waals surface area (Å²) in [4.78, 5) is 0. The Morgan fingerprint density at radius 1 is 1.47 bits per heavy atom. The van der Waals surface area contributed by atoms with Crippen molar-refractivity contribution in [3.05, 3.63) is 0 Å². The van der Waals surface area contributed by atoms with E-state index in [-0.39, 0.29) is 25.1 Å². The molecule has 0 radical (unpaired) electrons. The van der Waals surface area contributed by atoms with E-state index in [0.717, 1.165) is 12.8 Å². The quantitative estimate of drug-likeness (QED) is 0.650. The van der Waals surface area contributed by atoms with Crippen LogP contribution in [-0.4, -0.2) is 43.6 Å². The van der Waals surface area contributed by atoms with Gasteiger partial charge in [-0.1, -0.05) is 13.8 Å². The van der Waals surface area contributed by atoms with E-state index < -0.39 is 10.2 Å². The van der Waals surface area contributed by atoms with E-state index in [1.165, 1.54) is 4.31 Å². The van der Waals surface area contributed by atoms with Crippen LogP contribution in [0.5, 0.6) is 0 Å². The van der Waals surface area contributed by atoms with E-state index >= 15 is 0 Å². The number of hydrogen-bond acceptors (Lipinski definition) is 3. The SMILES string of the molecule is CC(C)CNS(=O)(=O)N(CCO)C1CC1. The van der Waals surface area contributed by atoms with Gasteiger partial charge >= 0.3 is 0 Å². The Balaban J connectivity index is 2.55. The van der Waals surface area contributed by atoms with Crippen molar-refractivity contribution in [3.8, 4) is 0 Å². The molecule has 1 saturated carbocycles. The molecule has 5 nitrogen and oxygen atoms in total. The Kier molecular flexibility index (Phi) is 4.51. The third-order valence-corrected chi connectivity index (χ3v) is 3.89. The predicted octanol–water partition coefficient (Wildman–Crippen LogP) is -0.0665. The van der Waals surface area contributed by atoms with E-state index in [1.54, 1.807) is 0 Å². The third-order valence-electron chi connectivity index (χ3n) is 2.26. The highest BCUT2D eigenvalue weighted by Gasteiger charge is 2.36. The van der Waals surface area contributed by atoms with Gasteiger partial charge in [0.25, 0.3) is 10.2 Å². The molecule has 0 saturated heterocycles. The van der Waals surface area contributed by atoms with Crippen LogP contribution in [0, 0.1) is 5.92 Å². The smallest absolute Gasteiger partial charge is 0.279 e. The highest BCUT2D eigenvalue weighted by Crippen LogP contribution is 2.28. The van der Waals surface area contributed by atoms with Gasteiger partial charge < -0.3 is 5.11 Å². The second-order valence-electron chi connectivity index (χ2n) is 4.31. The summed E-state index contributed by atoms with van der Waals surface area (Å²) in [7, 11) is -3.39. The summed E-state index contributed by atoms with van der Waals surface area (Å²) < 4.78 is 27.5. The van der Waals surface area contributed by atoms with Gasteiger partial charge in [0, 0.05) is 19.1 Å². The van der Waals surface area contributed by atoms with Gasteiger partial charge in [-0.2, -0.15) is 12.7 Å². The van der Waals surface area contributed by atoms with Crippen LogP contribution in [0.3, 0.4) is 0 Å². The molecule has 0 heterocycles. The Hall–Kier alpha value is -0.170. The molecule has 0 spiro atoms. The van der Waals surface area contributed by atoms with Crippen molar-refractivity contribution in [1.82, 2.24) is 9.03 Å². The van der Waals surface area contributed by atoms with Gasteiger partial charge in [0.2, 0.25) is 0 Å². The Labute approximate surface area is 91.7 Å². The van der Waals surface area contributed by atoms with Gasteiger partial charge in [-0.15, -0.1) is 0 Å². The second kappa shape index (κ2) is 5.25. The molecule has 0 aromatic heterocycles. The number of aliphatic hydroxyl groups is 1. The van der Waals surface area contributed by atoms with E-state index in [4.69, 9.17) is 5.11 Å². The summed E-state index contributed by atoms with van der Waals surface area (Å²) in [6.45, 7) is 4.42. The summed E-state index contributed by atoms with van der Waals surface area (Å²) in [6, 6.07) is 0.0989. The standard InChI is InChI=1S/C9H20N2O3S/c1-8(2)7-10-15(13,14)11(5-6-12)9-3-4-9/h8-10,12H,3-7H2,1-2H3. The number of aliphatic hydroxyl groups excluding tert-OH is 1. The van der Waals surface area contributed by atoms with Gasteiger partial charge in [-0.05, 0) is 18.8 Å². The fourth-order valence-corrected chi connectivity index (χ4v) is 2.95. The molecule has 0 aromatic carbocycles. The minimum Gasteiger partial charge on any atom is -0.395 e. The number of hydrogen-bond donors (Lipinski definition) is 2. The van der Waals surface area contributed by atoms with Crippen molar-refractivity contribution >= 4 is 10.2 Å². The maximum Gasteiger partial charge on any atom is 0.279 e. The lowest BCUT2D eigenvalue weighted by molar-refractivity contribution is 0.249. The lowest BCUT2D eigenvalue weighted by Gasteiger charge is -2.21. The minimum atomic E-state index is -3.39. The molecule has 90 valence electrons. The molecule has 6 heteroatoms. The van der Waals surface area contributed by atoms with Crippen molar-refractivity contribution < 1.29 is 13.5 Å². The first-order valence-corrected chi connectivity index (χ1v) is 6.78. The van der Waals surface area contributed by atoms with Crippen LogP contribution < -0.4 is 4.72 Å². The maximum absolute atomic E-state index is 11.8. The van der Waals surface area contributed by atoms with Crippen LogP contribution in [0.25, 0.3) is 0 Å². The molecule has 1 rings (SSSR count). The monoisotopic (exact) mass is 236 g/mol. The van der Waals surface area contributed by atoms with Crippen LogP contribution in [0.4, 0.5) is 0 Å². The van der Waals surface area contributed by atoms with Crippen molar-refractivity contribution in [2.75, 3.05) is 19.7 Å². The molecule has 1 fully saturated rings. The molecular weight excluding hydrogens is 216 g/mol. The van der Waals surface area contributed by atoms with Gasteiger partial charge in [-0.25, -0.2) is 4.72 Å². The number of rotatable bonds is 7. The number of nitrogens with zero attached hydrogens (tertiary/aromatic N) is 1. The Morgan fingerprint density at radius 3 is 2.47 bits per heavy atom. The summed E-state index contributed by atoms with van der Waals surface area (Å²) in [5.41, 5.74) is 0. The van der Waals surface area contributed by atoms with Crippen LogP contribution in [0.15, 0.2) is 0 Å². The average molecular weight is 236 g/mol. The molecule has 0 atom stereocenters. The average Bonchev–Trinajstić information content (AvgIpc) is 2.94. The summed E-state index contributed by atoms with van der Waals surface area (Å²) in [5, 5.41) is 8.82. The van der Waals surface area contributed by atoms with Crippen molar-refractivity contribution in [1.29, 1.82) is 0 Å². The van der Waals surface area contributed by atoms with Gasteiger partial charge in [0.05, 0.1) is 6.61 Å². The zero-order chi connectivity index (χ0) is 11.5. The predicted molar refractivity (Wildman–Crippen MR) is 58.6 cm³/mol. The minimum absolute atomic E-state index is 0.0989. The first-order chi connectivity index (χ1) is 6.97. The fourth-order valence-electron chi connectivity index (χ4n) is 1.31. The van der Waals surface area contributed by atoms with E-state index in [9.17, 15) is 8.42 Å². The molecule has 2 N–H and O–H groups in total. The lowest BCUT2D eigenvalue weighted by Crippen LogP contribution is -2.44. The lowest BCUT2D eigenvalue weighted by atomic mass is 10.2. The van der Waals surface area contributed by atoms with Crippen LogP contribution in [0.2, 0.25) is 0 Å². The molecule has 0 bridgehead atoms. The van der Waals surface area contributed by atoms with E-state index in [1.807, 2.05) is 13.8 Å². The molecular formula is C9H20N2O3S. The molecule has 0 aliphatic heterocycles. The Morgan fingerprint density at radius 2 is 2.07 bits per heavy atom. The zero-order valence-corrected chi connectivity index (χ0v) is 10.1. The first-order valence-electron chi connectivity index (χ1n) is 5.34. The van der Waals surface area contributed by atoms with Gasteiger partial charge in [0.15, 0.2) is 0 Å². The van der Waals surface area contributed by atoms with Gasteiger partial charge in [-0.3, -0.25) is 0 Å². The topological polar surface area (TPSA) is 69.6 Å². The summed E-state index contributed by atoms with van der Waals surface area (Å²) >= 11 is 0. The van der Waals surface area contributed by atoms with Crippen LogP contribution in [-0.2, 0) is 10.2 Å². The second-order valence-corrected chi connectivity index (χ2v) is 6.02. The fraction of sp³-hybridized carbons (Fsp3) is 1.00. The normalized spacial score (nSPS) is 17.7. The highest BCUT2D eigenvalue weighted by atomic mass is 32.2. The summed E-state index contributed by atoms with van der Waals surface area (Å²) in [6.07, 6.45) is 1.81. The summed E-state index contributed by atoms with van der Waals surface area (Å²) in [5.74, 6) is 0.287. The molecule has 0 amide bonds. The first kappa shape index (κ1) is 12.9. The zero-order valence-electron chi connectivity index (χ0n) is 9.31. The molecule has 0 aromatic rings. The van der Waals surface area contributed by atoms with E-state index in [2.05, 4.69) is 4.72 Å². The van der Waals surface area contributed by atoms with Crippen molar-refractivity contribution in [3.63, 3.8) is 0 Å². The van der Waals surface area contributed by atoms with Crippen LogP contribution in [0.1, 0.15) is 26.7 Å². The molecule has 15 heavy (non-hydrogen) atoms. The molecule has 0 unspecified atom stereocenters. The molecule has 1 aliphatic rings. The van der Waals surface area contributed by atoms with Gasteiger partial charge in [0.1, 0.15) is 0 Å². The maximum atomic E-state index is 11.8. The van der Waals surface area contributed by atoms with Crippen molar-refractivity contribution in [2.45, 2.75) is 32.7 Å². The third kappa shape index (κ3) is 4.06. The van der Waals surface area contributed by atoms with E-state index in [0.29, 0.717) is 6.54 Å².